The molecule has 1 aliphatic rings. The normalized spacial score (nSPS) is 20.4. The number of amides is 1. The summed E-state index contributed by atoms with van der Waals surface area (Å²) in [5.41, 5.74) is 3.26. The Labute approximate surface area is 165 Å². The molecular weight excluding hydrogens is 358 g/mol. The van der Waals surface area contributed by atoms with Crippen LogP contribution in [-0.2, 0) is 11.3 Å². The van der Waals surface area contributed by atoms with Crippen LogP contribution in [0.15, 0.2) is 23.6 Å². The SMILES string of the molecule is Cc1cc(C)cc(OCC(=O)Nc2nc(CN3C[C@H](C)C[C@H](C)C3)cs2)c1. The Bertz CT molecular complexity index is 759. The van der Waals surface area contributed by atoms with Crippen molar-refractivity contribution >= 4 is 22.4 Å². The first-order valence-corrected chi connectivity index (χ1v) is 10.4. The van der Waals surface area contributed by atoms with Crippen molar-refractivity contribution in [1.29, 1.82) is 0 Å². The topological polar surface area (TPSA) is 54.5 Å². The van der Waals surface area contributed by atoms with Gasteiger partial charge < -0.3 is 4.74 Å². The Morgan fingerprint density at radius 3 is 2.56 bits per heavy atom. The van der Waals surface area contributed by atoms with Crippen molar-refractivity contribution in [2.75, 3.05) is 25.0 Å². The number of thiazole rings is 1. The van der Waals surface area contributed by atoms with Gasteiger partial charge in [0.15, 0.2) is 11.7 Å². The fraction of sp³-hybridized carbons (Fsp3) is 0.524. The molecule has 2 heterocycles. The predicted octanol–water partition coefficient (Wildman–Crippen LogP) is 4.26. The zero-order chi connectivity index (χ0) is 19.4. The van der Waals surface area contributed by atoms with Crippen LogP contribution in [0.25, 0.3) is 0 Å². The van der Waals surface area contributed by atoms with E-state index in [4.69, 9.17) is 4.74 Å². The molecule has 0 radical (unpaired) electrons. The molecule has 2 atom stereocenters. The Morgan fingerprint density at radius 2 is 1.89 bits per heavy atom. The number of ether oxygens (including phenoxy) is 1. The van der Waals surface area contributed by atoms with Gasteiger partial charge in [-0.1, -0.05) is 19.9 Å². The first-order chi connectivity index (χ1) is 12.9. The molecule has 5 nitrogen and oxygen atoms in total. The minimum atomic E-state index is -0.185. The van der Waals surface area contributed by atoms with Crippen molar-refractivity contribution in [1.82, 2.24) is 9.88 Å². The number of piperidine rings is 1. The van der Waals surface area contributed by atoms with Gasteiger partial charge in [-0.15, -0.1) is 11.3 Å². The van der Waals surface area contributed by atoms with Crippen LogP contribution in [-0.4, -0.2) is 35.5 Å². The highest BCUT2D eigenvalue weighted by Gasteiger charge is 2.22. The van der Waals surface area contributed by atoms with Gasteiger partial charge in [-0.05, 0) is 55.4 Å². The van der Waals surface area contributed by atoms with Gasteiger partial charge in [0.2, 0.25) is 0 Å². The standard InChI is InChI=1S/C21H29N3O2S/c1-14-5-15(2)8-19(7-14)26-12-20(25)23-21-22-18(13-27-21)11-24-9-16(3)6-17(4)10-24/h5,7-8,13,16-17H,6,9-12H2,1-4H3,(H,22,23,25)/t16-,17+. The van der Waals surface area contributed by atoms with Gasteiger partial charge in [0, 0.05) is 25.0 Å². The molecular formula is C21H29N3O2S. The Balaban J connectivity index is 1.49. The van der Waals surface area contributed by atoms with E-state index >= 15 is 0 Å². The Hall–Kier alpha value is -1.92. The smallest absolute Gasteiger partial charge is 0.264 e. The largest absolute Gasteiger partial charge is 0.484 e. The van der Waals surface area contributed by atoms with Crippen LogP contribution in [0.3, 0.4) is 0 Å². The average Bonchev–Trinajstić information content (AvgIpc) is 2.98. The summed E-state index contributed by atoms with van der Waals surface area (Å²) in [6.07, 6.45) is 1.30. The number of nitrogens with one attached hydrogen (secondary N) is 1. The number of carbonyl (C=O) groups excluding carboxylic acids is 1. The number of nitrogens with zero attached hydrogens (tertiary/aromatic N) is 2. The number of hydrogen-bond donors (Lipinski definition) is 1. The summed E-state index contributed by atoms with van der Waals surface area (Å²) in [5, 5.41) is 5.51. The Morgan fingerprint density at radius 1 is 1.22 bits per heavy atom. The van der Waals surface area contributed by atoms with Crippen LogP contribution >= 0.6 is 11.3 Å². The molecule has 2 aromatic rings. The van der Waals surface area contributed by atoms with Crippen molar-refractivity contribution in [2.45, 2.75) is 40.7 Å². The number of rotatable bonds is 6. The van der Waals surface area contributed by atoms with E-state index < -0.39 is 0 Å². The van der Waals surface area contributed by atoms with E-state index in [1.165, 1.54) is 17.8 Å². The van der Waals surface area contributed by atoms with Crippen LogP contribution < -0.4 is 10.1 Å². The van der Waals surface area contributed by atoms with Crippen LogP contribution in [0.5, 0.6) is 5.75 Å². The molecule has 146 valence electrons. The monoisotopic (exact) mass is 387 g/mol. The van der Waals surface area contributed by atoms with Gasteiger partial charge in [0.25, 0.3) is 5.91 Å². The number of likely N-dealkylation sites (tertiary alicyclic amines) is 1. The van der Waals surface area contributed by atoms with Crippen molar-refractivity contribution < 1.29 is 9.53 Å². The van der Waals surface area contributed by atoms with Gasteiger partial charge in [-0.3, -0.25) is 15.0 Å². The van der Waals surface area contributed by atoms with E-state index in [1.54, 1.807) is 0 Å². The summed E-state index contributed by atoms with van der Waals surface area (Å²) in [6, 6.07) is 5.94. The molecule has 0 unspecified atom stereocenters. The van der Waals surface area contributed by atoms with Crippen LogP contribution in [0, 0.1) is 25.7 Å². The summed E-state index contributed by atoms with van der Waals surface area (Å²) in [6.45, 7) is 11.7. The summed E-state index contributed by atoms with van der Waals surface area (Å²) in [5.74, 6) is 1.99. The molecule has 0 spiro atoms. The highest BCUT2D eigenvalue weighted by molar-refractivity contribution is 7.13. The maximum atomic E-state index is 12.2. The zero-order valence-corrected chi connectivity index (χ0v) is 17.4. The summed E-state index contributed by atoms with van der Waals surface area (Å²) in [4.78, 5) is 19.2. The molecule has 0 saturated carbocycles. The number of aromatic nitrogens is 1. The molecule has 1 aliphatic heterocycles. The van der Waals surface area contributed by atoms with E-state index in [9.17, 15) is 4.79 Å². The van der Waals surface area contributed by atoms with E-state index in [0.717, 1.165) is 54.0 Å². The molecule has 1 amide bonds. The third kappa shape index (κ3) is 6.04. The zero-order valence-electron chi connectivity index (χ0n) is 16.6. The lowest BCUT2D eigenvalue weighted by atomic mass is 9.92. The van der Waals surface area contributed by atoms with Gasteiger partial charge in [0.1, 0.15) is 5.75 Å². The molecule has 3 rings (SSSR count). The minimum Gasteiger partial charge on any atom is -0.484 e. The lowest BCUT2D eigenvalue weighted by Crippen LogP contribution is -2.38. The first kappa shape index (κ1) is 19.8. The maximum absolute atomic E-state index is 12.2. The van der Waals surface area contributed by atoms with Crippen LogP contribution in [0.4, 0.5) is 5.13 Å². The average molecular weight is 388 g/mol. The van der Waals surface area contributed by atoms with Crippen molar-refractivity contribution in [3.63, 3.8) is 0 Å². The number of anilines is 1. The lowest BCUT2D eigenvalue weighted by Gasteiger charge is -2.34. The molecule has 1 N–H and O–H groups in total. The molecule has 6 heteroatoms. The fourth-order valence-electron chi connectivity index (χ4n) is 3.91. The molecule has 1 aromatic heterocycles. The Kier molecular flexibility index (Phi) is 6.50. The quantitative estimate of drug-likeness (QED) is 0.805. The van der Waals surface area contributed by atoms with Crippen LogP contribution in [0.1, 0.15) is 37.1 Å². The minimum absolute atomic E-state index is 0.0149. The number of carbonyl (C=O) groups is 1. The first-order valence-electron chi connectivity index (χ1n) is 9.55. The molecule has 1 aromatic carbocycles. The number of benzene rings is 1. The molecule has 0 bridgehead atoms. The fourth-order valence-corrected chi connectivity index (χ4v) is 4.63. The molecule has 27 heavy (non-hydrogen) atoms. The summed E-state index contributed by atoms with van der Waals surface area (Å²) in [7, 11) is 0. The van der Waals surface area contributed by atoms with E-state index in [0.29, 0.717) is 5.13 Å². The number of aryl methyl sites for hydroxylation is 2. The molecule has 1 fully saturated rings. The van der Waals surface area contributed by atoms with E-state index in [1.807, 2.05) is 31.4 Å². The van der Waals surface area contributed by atoms with Gasteiger partial charge in [0.05, 0.1) is 5.69 Å². The van der Waals surface area contributed by atoms with Crippen molar-refractivity contribution in [3.8, 4) is 5.75 Å². The van der Waals surface area contributed by atoms with Gasteiger partial charge >= 0.3 is 0 Å². The summed E-state index contributed by atoms with van der Waals surface area (Å²) >= 11 is 1.47. The second-order valence-corrected chi connectivity index (χ2v) is 8.80. The lowest BCUT2D eigenvalue weighted by molar-refractivity contribution is -0.118. The molecule has 1 saturated heterocycles. The molecule has 0 aliphatic carbocycles. The van der Waals surface area contributed by atoms with E-state index in [-0.39, 0.29) is 12.5 Å². The third-order valence-corrected chi connectivity index (χ3v) is 5.50. The summed E-state index contributed by atoms with van der Waals surface area (Å²) < 4.78 is 5.61. The second kappa shape index (κ2) is 8.85. The van der Waals surface area contributed by atoms with Gasteiger partial charge in [-0.2, -0.15) is 0 Å². The van der Waals surface area contributed by atoms with E-state index in [2.05, 4.69) is 35.1 Å². The predicted molar refractivity (Wildman–Crippen MR) is 110 cm³/mol. The van der Waals surface area contributed by atoms with Gasteiger partial charge in [-0.25, -0.2) is 4.98 Å². The third-order valence-electron chi connectivity index (χ3n) is 4.69. The van der Waals surface area contributed by atoms with Crippen molar-refractivity contribution in [2.24, 2.45) is 11.8 Å². The second-order valence-electron chi connectivity index (χ2n) is 7.94. The highest BCUT2D eigenvalue weighted by atomic mass is 32.1. The van der Waals surface area contributed by atoms with Crippen molar-refractivity contribution in [3.05, 3.63) is 40.4 Å². The highest BCUT2D eigenvalue weighted by Crippen LogP contribution is 2.24. The number of hydrogen-bond acceptors (Lipinski definition) is 5. The maximum Gasteiger partial charge on any atom is 0.264 e. The van der Waals surface area contributed by atoms with Crippen LogP contribution in [0.2, 0.25) is 0 Å².